The van der Waals surface area contributed by atoms with E-state index in [4.69, 9.17) is 9.40 Å². The van der Waals surface area contributed by atoms with E-state index in [-0.39, 0.29) is 5.41 Å². The van der Waals surface area contributed by atoms with Crippen LogP contribution in [0.5, 0.6) is 0 Å². The summed E-state index contributed by atoms with van der Waals surface area (Å²) < 4.78 is 7.02. The molecule has 0 bridgehead atoms. The Morgan fingerprint density at radius 1 is 0.509 bits per heavy atom. The second-order valence-electron chi connectivity index (χ2n) is 14.7. The largest absolute Gasteiger partial charge is 0.454 e. The van der Waals surface area contributed by atoms with Gasteiger partial charge >= 0.3 is 0 Å². The molecule has 0 spiro atoms. The molecule has 0 atom stereocenters. The van der Waals surface area contributed by atoms with Crippen LogP contribution in [0.3, 0.4) is 0 Å². The quantitative estimate of drug-likeness (QED) is 0.174. The van der Waals surface area contributed by atoms with Crippen LogP contribution in [-0.2, 0) is 5.41 Å². The van der Waals surface area contributed by atoms with Crippen LogP contribution in [0.4, 0.5) is 17.1 Å². The van der Waals surface area contributed by atoms with Gasteiger partial charge in [-0.2, -0.15) is 0 Å². The normalized spacial score (nSPS) is 13.2. The van der Waals surface area contributed by atoms with Crippen LogP contribution in [0.1, 0.15) is 25.0 Å². The summed E-state index contributed by atoms with van der Waals surface area (Å²) in [6, 6.07) is 61.0. The Morgan fingerprint density at radius 3 is 2.08 bits per heavy atom. The molecule has 8 aromatic carbocycles. The summed E-state index contributed by atoms with van der Waals surface area (Å²) in [7, 11) is 0. The summed E-state index contributed by atoms with van der Waals surface area (Å²) in [6.07, 6.45) is 0. The summed E-state index contributed by atoms with van der Waals surface area (Å²) in [5, 5.41) is 7.93. The second-order valence-corrected chi connectivity index (χ2v) is 14.7. The van der Waals surface area contributed by atoms with Crippen LogP contribution >= 0.6 is 0 Å². The van der Waals surface area contributed by atoms with Crippen molar-refractivity contribution in [2.24, 2.45) is 0 Å². The molecule has 0 N–H and O–H groups in total. The fourth-order valence-electron chi connectivity index (χ4n) is 8.87. The van der Waals surface area contributed by atoms with E-state index in [9.17, 15) is 0 Å². The van der Waals surface area contributed by atoms with Gasteiger partial charge in [-0.05, 0) is 75.5 Å². The number of furan rings is 1. The van der Waals surface area contributed by atoms with Crippen LogP contribution in [0.15, 0.2) is 174 Å². The summed E-state index contributed by atoms with van der Waals surface area (Å²) in [4.78, 5) is 7.77. The fourth-order valence-corrected chi connectivity index (χ4v) is 8.87. The Kier molecular flexibility index (Phi) is 6.30. The first-order valence-corrected chi connectivity index (χ1v) is 18.3. The number of para-hydroxylation sites is 2. The minimum atomic E-state index is -0.154. The van der Waals surface area contributed by atoms with E-state index in [0.717, 1.165) is 71.9 Å². The highest BCUT2D eigenvalue weighted by molar-refractivity contribution is 6.31. The van der Waals surface area contributed by atoms with Gasteiger partial charge in [-0.25, -0.2) is 4.98 Å². The van der Waals surface area contributed by atoms with Gasteiger partial charge in [0.05, 0.1) is 16.9 Å². The number of pyridine rings is 1. The van der Waals surface area contributed by atoms with Crippen molar-refractivity contribution >= 4 is 71.4 Å². The molecule has 0 saturated heterocycles. The predicted octanol–water partition coefficient (Wildman–Crippen LogP) is 13.9. The van der Waals surface area contributed by atoms with Crippen molar-refractivity contribution in [3.8, 4) is 22.4 Å². The zero-order valence-electron chi connectivity index (χ0n) is 29.5. The standard InChI is InChI=1S/C50H34N2O/c1-50(2)41-21-11-8-18-36(41)37-27-26-35(29-42(37)50)52(34-25-24-31-14-6-7-17-33(31)28-34)44-30-40-46(47-39-20-10-13-23-45(39)53-49(44)47)38-19-9-12-22-43(38)51-48(40)32-15-4-3-5-16-32/h3-30H,1-2H3. The molecule has 0 radical (unpaired) electrons. The molecule has 250 valence electrons. The molecule has 1 aliphatic rings. The van der Waals surface area contributed by atoms with E-state index in [1.54, 1.807) is 0 Å². The van der Waals surface area contributed by atoms with Crippen molar-refractivity contribution in [3.63, 3.8) is 0 Å². The highest BCUT2D eigenvalue weighted by Gasteiger charge is 2.36. The average molecular weight is 679 g/mol. The summed E-state index contributed by atoms with van der Waals surface area (Å²) in [5.41, 5.74) is 13.0. The number of anilines is 3. The fraction of sp³-hybridized carbons (Fsp3) is 0.0600. The van der Waals surface area contributed by atoms with E-state index in [1.165, 1.54) is 33.0 Å². The molecule has 3 nitrogen and oxygen atoms in total. The first-order valence-electron chi connectivity index (χ1n) is 18.3. The van der Waals surface area contributed by atoms with Gasteiger partial charge in [-0.3, -0.25) is 0 Å². The van der Waals surface area contributed by atoms with Crippen LogP contribution < -0.4 is 4.90 Å². The van der Waals surface area contributed by atoms with Crippen molar-refractivity contribution in [1.29, 1.82) is 0 Å². The van der Waals surface area contributed by atoms with E-state index < -0.39 is 0 Å². The van der Waals surface area contributed by atoms with Gasteiger partial charge in [-0.1, -0.05) is 141 Å². The maximum Gasteiger partial charge on any atom is 0.160 e. The first-order chi connectivity index (χ1) is 26.0. The number of fused-ring (bicyclic) bond motifs is 11. The van der Waals surface area contributed by atoms with E-state index in [0.29, 0.717) is 0 Å². The number of hydrogen-bond donors (Lipinski definition) is 0. The van der Waals surface area contributed by atoms with E-state index in [2.05, 4.69) is 189 Å². The molecule has 0 fully saturated rings. The van der Waals surface area contributed by atoms with Crippen LogP contribution in [0.25, 0.3) is 76.8 Å². The first kappa shape index (κ1) is 30.0. The molecule has 3 heteroatoms. The van der Waals surface area contributed by atoms with Gasteiger partial charge < -0.3 is 9.32 Å². The molecule has 2 aromatic heterocycles. The van der Waals surface area contributed by atoms with Crippen LogP contribution in [0, 0.1) is 0 Å². The lowest BCUT2D eigenvalue weighted by Crippen LogP contribution is -2.16. The van der Waals surface area contributed by atoms with E-state index in [1.807, 2.05) is 0 Å². The van der Waals surface area contributed by atoms with Crippen LogP contribution in [-0.4, -0.2) is 4.98 Å². The molecule has 11 rings (SSSR count). The topological polar surface area (TPSA) is 29.3 Å². The van der Waals surface area contributed by atoms with Gasteiger partial charge in [0.15, 0.2) is 5.58 Å². The van der Waals surface area contributed by atoms with Gasteiger partial charge in [0.25, 0.3) is 0 Å². The maximum absolute atomic E-state index is 7.02. The van der Waals surface area contributed by atoms with Crippen molar-refractivity contribution in [3.05, 3.63) is 181 Å². The molecule has 0 saturated carbocycles. The van der Waals surface area contributed by atoms with Gasteiger partial charge in [0.1, 0.15) is 5.58 Å². The molecular weight excluding hydrogens is 645 g/mol. The molecule has 10 aromatic rings. The summed E-state index contributed by atoms with van der Waals surface area (Å²) >= 11 is 0. The van der Waals surface area contributed by atoms with Gasteiger partial charge in [0, 0.05) is 49.3 Å². The lowest BCUT2D eigenvalue weighted by Gasteiger charge is -2.29. The Morgan fingerprint density at radius 2 is 1.19 bits per heavy atom. The summed E-state index contributed by atoms with van der Waals surface area (Å²) in [6.45, 7) is 4.69. The average Bonchev–Trinajstić information content (AvgIpc) is 3.71. The second kappa shape index (κ2) is 11.1. The highest BCUT2D eigenvalue weighted by atomic mass is 16.3. The number of rotatable bonds is 4. The summed E-state index contributed by atoms with van der Waals surface area (Å²) in [5.74, 6) is 0. The Hall–Kier alpha value is -6.71. The molecule has 0 aliphatic heterocycles. The van der Waals surface area contributed by atoms with Gasteiger partial charge in [-0.15, -0.1) is 0 Å². The maximum atomic E-state index is 7.02. The number of nitrogens with zero attached hydrogens (tertiary/aromatic N) is 2. The number of hydrogen-bond acceptors (Lipinski definition) is 3. The lowest BCUT2D eigenvalue weighted by atomic mass is 9.82. The Labute approximate surface area is 307 Å². The zero-order valence-corrected chi connectivity index (χ0v) is 29.5. The Balaban J connectivity index is 1.29. The SMILES string of the molecule is CC1(C)c2ccccc2-c2ccc(N(c3ccc4ccccc4c3)c3cc4c(-c5ccccc5)nc5ccccc5c4c4c3oc3ccccc34)cc21. The smallest absolute Gasteiger partial charge is 0.160 e. The van der Waals surface area contributed by atoms with Gasteiger partial charge in [0.2, 0.25) is 0 Å². The zero-order chi connectivity index (χ0) is 35.3. The molecule has 2 heterocycles. The van der Waals surface area contributed by atoms with Crippen molar-refractivity contribution in [1.82, 2.24) is 4.98 Å². The monoisotopic (exact) mass is 678 g/mol. The van der Waals surface area contributed by atoms with Crippen LogP contribution in [0.2, 0.25) is 0 Å². The van der Waals surface area contributed by atoms with E-state index >= 15 is 0 Å². The third-order valence-corrected chi connectivity index (χ3v) is 11.4. The lowest BCUT2D eigenvalue weighted by molar-refractivity contribution is 0.660. The molecular formula is C50H34N2O. The minimum Gasteiger partial charge on any atom is -0.454 e. The van der Waals surface area contributed by atoms with Crippen molar-refractivity contribution in [2.45, 2.75) is 19.3 Å². The number of benzene rings is 8. The molecule has 1 aliphatic carbocycles. The highest BCUT2D eigenvalue weighted by Crippen LogP contribution is 2.53. The third kappa shape index (κ3) is 4.37. The molecule has 0 amide bonds. The predicted molar refractivity (Wildman–Crippen MR) is 222 cm³/mol. The third-order valence-electron chi connectivity index (χ3n) is 11.4. The van der Waals surface area contributed by atoms with Crippen molar-refractivity contribution in [2.75, 3.05) is 4.90 Å². The van der Waals surface area contributed by atoms with Crippen molar-refractivity contribution < 1.29 is 4.42 Å². The number of aromatic nitrogens is 1. The minimum absolute atomic E-state index is 0.154. The molecule has 0 unspecified atom stereocenters. The Bertz CT molecular complexity index is 3100. The molecule has 53 heavy (non-hydrogen) atoms.